The van der Waals surface area contributed by atoms with E-state index in [1.807, 2.05) is 61.6 Å². The lowest BCUT2D eigenvalue weighted by atomic mass is 9.88. The Kier molecular flexibility index (Phi) is 40.7. The molecule has 0 radical (unpaired) electrons. The van der Waals surface area contributed by atoms with E-state index < -0.39 is 134 Å². The predicted molar refractivity (Wildman–Crippen MR) is 332 cm³/mol. The van der Waals surface area contributed by atoms with E-state index in [9.17, 15) is 76.0 Å². The smallest absolute Gasteiger partial charge is 0.306 e. The molecule has 0 spiro atoms. The lowest BCUT2D eigenvalue weighted by Crippen LogP contribution is -2.58. The van der Waals surface area contributed by atoms with E-state index in [2.05, 4.69) is 6.58 Å². The largest absolute Gasteiger partial charge is 0.458 e. The Bertz CT molecular complexity index is 2190. The van der Waals surface area contributed by atoms with E-state index in [0.717, 1.165) is 5.57 Å². The molecule has 19 heteroatoms. The van der Waals surface area contributed by atoms with Crippen molar-refractivity contribution in [1.82, 2.24) is 0 Å². The third-order valence-corrected chi connectivity index (χ3v) is 15.3. The standard InChI is InChI=1S/C67H107NO18/c1-6-7-25-49-26-18-19-34-59(77)47(4)63(80)45(2)24-16-14-12-10-8-9-11-13-15-17-35-62(79)85-58(33-22-29-50(69)27-20-28-51(70)32-23-38-68)43-56(75)41-54(73)39-52(71)30-21-31-53(72)40-55(74)42-57(76)44-60(78)46(3)61(37-36-49)86-67-66(83)65(82)64(81)48(5)84-67/h6,8-16,19-22,24,27,31,33-34,36,45-48,50-59,61,63-67,69-77,80-83H,1,7,17-18,23,25-26,28-30,32,35,37-44,68H2,2-5H3. The van der Waals surface area contributed by atoms with Crippen molar-refractivity contribution in [2.45, 2.75) is 247 Å². The van der Waals surface area contributed by atoms with Crippen molar-refractivity contribution in [2.24, 2.45) is 23.5 Å². The zero-order valence-corrected chi connectivity index (χ0v) is 51.2. The Morgan fingerprint density at radius 2 is 1.31 bits per heavy atom. The van der Waals surface area contributed by atoms with Crippen molar-refractivity contribution in [2.75, 3.05) is 6.54 Å². The molecule has 2 aliphatic heterocycles. The SMILES string of the molecule is C=CCCC1=CCC(OC2OC(C)C(O)C(O)C2O)C(C)C(=O)CC(O)CC(O)CC(O)C=CCC(O)CC(O)CC(O)CC(C=CCC(O)C=CCC(O)CCCN)OC(=O)CCC=CC=CC=CC=CC=CC(C)C(O)C(C)C(O)C=CCC1. The van der Waals surface area contributed by atoms with Crippen molar-refractivity contribution in [3.63, 3.8) is 0 Å². The zero-order chi connectivity index (χ0) is 64.0. The van der Waals surface area contributed by atoms with E-state index in [-0.39, 0.29) is 63.7 Å². The minimum absolute atomic E-state index is 0.000868. The molecule has 1 fully saturated rings. The van der Waals surface area contributed by atoms with Gasteiger partial charge in [0, 0.05) is 43.4 Å². The first-order valence-corrected chi connectivity index (χ1v) is 30.8. The van der Waals surface area contributed by atoms with Crippen LogP contribution < -0.4 is 5.73 Å². The normalized spacial score (nSPS) is 34.4. The molecule has 0 aromatic rings. The summed E-state index contributed by atoms with van der Waals surface area (Å²) >= 11 is 0. The van der Waals surface area contributed by atoms with Gasteiger partial charge in [0.05, 0.1) is 73.2 Å². The van der Waals surface area contributed by atoms with E-state index >= 15 is 0 Å². The molecule has 2 rings (SSSR count). The molecular weight excluding hydrogens is 1110 g/mol. The Morgan fingerprint density at radius 3 is 2.01 bits per heavy atom. The first kappa shape index (κ1) is 77.7. The van der Waals surface area contributed by atoms with Crippen LogP contribution in [0.15, 0.2) is 134 Å². The Hall–Kier alpha value is -4.36. The number of nitrogens with two attached hydrogens (primary N) is 1. The second kappa shape index (κ2) is 45.0. The van der Waals surface area contributed by atoms with Crippen LogP contribution in [0.4, 0.5) is 0 Å². The molecule has 19 nitrogen and oxygen atoms in total. The van der Waals surface area contributed by atoms with Crippen LogP contribution in [0.1, 0.15) is 143 Å². The Morgan fingerprint density at radius 1 is 0.674 bits per heavy atom. The zero-order valence-electron chi connectivity index (χ0n) is 51.2. The first-order valence-electron chi connectivity index (χ1n) is 30.8. The number of hydrogen-bond acceptors (Lipinski definition) is 19. The number of hydrogen-bond donors (Lipinski definition) is 14. The summed E-state index contributed by atoms with van der Waals surface area (Å²) in [5.41, 5.74) is 6.50. The number of rotatable bonds is 14. The quantitative estimate of drug-likeness (QED) is 0.0774. The molecule has 0 aromatic heterocycles. The summed E-state index contributed by atoms with van der Waals surface area (Å²) in [6.45, 7) is 11.1. The van der Waals surface area contributed by atoms with Gasteiger partial charge in [0.2, 0.25) is 0 Å². The van der Waals surface area contributed by atoms with Gasteiger partial charge in [0.15, 0.2) is 6.29 Å². The highest BCUT2D eigenvalue weighted by atomic mass is 16.7. The molecule has 0 bridgehead atoms. The van der Waals surface area contributed by atoms with Crippen molar-refractivity contribution in [1.29, 1.82) is 0 Å². The Labute approximate surface area is 511 Å². The number of ether oxygens (including phenoxy) is 3. The monoisotopic (exact) mass is 1210 g/mol. The summed E-state index contributed by atoms with van der Waals surface area (Å²) in [6, 6.07) is 0. The van der Waals surface area contributed by atoms with E-state index in [0.29, 0.717) is 57.9 Å². The van der Waals surface area contributed by atoms with E-state index in [1.165, 1.54) is 19.1 Å². The summed E-state index contributed by atoms with van der Waals surface area (Å²) in [5, 5.41) is 140. The maximum Gasteiger partial charge on any atom is 0.306 e. The lowest BCUT2D eigenvalue weighted by molar-refractivity contribution is -0.306. The number of Topliss-reactive ketones (excluding diaryl/α,β-unsaturated/α-hetero) is 1. The molecule has 2 heterocycles. The van der Waals surface area contributed by atoms with Crippen LogP contribution in [0, 0.1) is 17.8 Å². The molecule has 488 valence electrons. The van der Waals surface area contributed by atoms with Gasteiger partial charge in [-0.05, 0) is 109 Å². The van der Waals surface area contributed by atoms with Gasteiger partial charge < -0.3 is 86.3 Å². The fourth-order valence-corrected chi connectivity index (χ4v) is 9.81. The third kappa shape index (κ3) is 33.8. The average Bonchev–Trinajstić information content (AvgIpc) is 2.13. The van der Waals surface area contributed by atoms with Crippen LogP contribution in [-0.2, 0) is 23.8 Å². The molecule has 15 N–H and O–H groups in total. The fourth-order valence-electron chi connectivity index (χ4n) is 9.81. The first-order chi connectivity index (χ1) is 40.9. The lowest BCUT2D eigenvalue weighted by Gasteiger charge is -2.41. The highest BCUT2D eigenvalue weighted by molar-refractivity contribution is 5.81. The minimum Gasteiger partial charge on any atom is -0.458 e. The van der Waals surface area contributed by atoms with Crippen molar-refractivity contribution >= 4 is 11.8 Å². The van der Waals surface area contributed by atoms with E-state index in [4.69, 9.17) is 19.9 Å². The maximum atomic E-state index is 13.9. The van der Waals surface area contributed by atoms with Gasteiger partial charge in [-0.2, -0.15) is 0 Å². The second-order valence-corrected chi connectivity index (χ2v) is 23.1. The predicted octanol–water partition coefficient (Wildman–Crippen LogP) is 5.31. The second-order valence-electron chi connectivity index (χ2n) is 23.1. The fraction of sp³-hybridized carbons (Fsp3) is 0.642. The van der Waals surface area contributed by atoms with Crippen molar-refractivity contribution in [3.05, 3.63) is 134 Å². The molecule has 86 heavy (non-hydrogen) atoms. The molecular formula is C67H107NO18. The van der Waals surface area contributed by atoms with Gasteiger partial charge in [-0.15, -0.1) is 6.58 Å². The van der Waals surface area contributed by atoms with Gasteiger partial charge >= 0.3 is 5.97 Å². The topological polar surface area (TPSA) is 351 Å². The van der Waals surface area contributed by atoms with Crippen molar-refractivity contribution in [3.8, 4) is 0 Å². The van der Waals surface area contributed by atoms with Gasteiger partial charge in [0.1, 0.15) is 30.2 Å². The molecule has 0 amide bonds. The maximum absolute atomic E-state index is 13.9. The summed E-state index contributed by atoms with van der Waals surface area (Å²) in [5.74, 6) is -2.68. The number of allylic oxidation sites excluding steroid dienone is 12. The van der Waals surface area contributed by atoms with Gasteiger partial charge in [-0.25, -0.2) is 0 Å². The number of cyclic esters (lactones) is 1. The number of carbonyl (C=O) groups is 2. The number of carbonyl (C=O) groups excluding carboxylic acids is 2. The molecule has 1 saturated heterocycles. The highest BCUT2D eigenvalue weighted by Crippen LogP contribution is 2.29. The highest BCUT2D eigenvalue weighted by Gasteiger charge is 2.44. The molecule has 2 aliphatic rings. The van der Waals surface area contributed by atoms with Crippen LogP contribution in [0.25, 0.3) is 0 Å². The average molecular weight is 1210 g/mol. The molecule has 0 aliphatic carbocycles. The number of aliphatic hydroxyl groups is 13. The summed E-state index contributed by atoms with van der Waals surface area (Å²) < 4.78 is 17.7. The van der Waals surface area contributed by atoms with Gasteiger partial charge in [-0.1, -0.05) is 142 Å². The number of esters is 1. The van der Waals surface area contributed by atoms with Crippen LogP contribution in [0.5, 0.6) is 0 Å². The third-order valence-electron chi connectivity index (χ3n) is 15.3. The van der Waals surface area contributed by atoms with Crippen LogP contribution in [-0.4, -0.2) is 189 Å². The molecule has 0 aromatic carbocycles. The van der Waals surface area contributed by atoms with Crippen molar-refractivity contribution < 1.29 is 90.2 Å². The number of aliphatic hydroxyl groups excluding tert-OH is 13. The van der Waals surface area contributed by atoms with E-state index in [1.54, 1.807) is 68.5 Å². The van der Waals surface area contributed by atoms with Crippen LogP contribution in [0.3, 0.4) is 0 Å². The van der Waals surface area contributed by atoms with Gasteiger partial charge in [-0.3, -0.25) is 9.59 Å². The summed E-state index contributed by atoms with van der Waals surface area (Å²) in [6.07, 6.45) is 18.6. The number of ketones is 1. The Balaban J connectivity index is 2.33. The molecule has 20 atom stereocenters. The van der Waals surface area contributed by atoms with Crippen LogP contribution in [0.2, 0.25) is 0 Å². The summed E-state index contributed by atoms with van der Waals surface area (Å²) in [4.78, 5) is 26.8. The van der Waals surface area contributed by atoms with Gasteiger partial charge in [0.25, 0.3) is 0 Å². The summed E-state index contributed by atoms with van der Waals surface area (Å²) in [7, 11) is 0. The minimum atomic E-state index is -1.65. The molecule has 20 unspecified atom stereocenters. The molecule has 0 saturated carbocycles. The van der Waals surface area contributed by atoms with Crippen LogP contribution >= 0.6 is 0 Å².